The zero-order valence-electron chi connectivity index (χ0n) is 3.20. The average Bonchev–Trinajstić information content (AvgIpc) is 1.41. The van der Waals surface area contributed by atoms with Gasteiger partial charge in [-0.05, 0) is 0 Å². The first-order valence-corrected chi connectivity index (χ1v) is 2.66. The van der Waals surface area contributed by atoms with Crippen LogP contribution in [0.1, 0.15) is 0 Å². The molecule has 0 atom stereocenters. The molecule has 0 fully saturated rings. The van der Waals surface area contributed by atoms with Gasteiger partial charge in [-0.3, -0.25) is 9.17 Å². The average molecular weight is 141 g/mol. The van der Waals surface area contributed by atoms with Gasteiger partial charge < -0.3 is 9.59 Å². The summed E-state index contributed by atoms with van der Waals surface area (Å²) in [6.45, 7) is 0. The summed E-state index contributed by atoms with van der Waals surface area (Å²) in [5.41, 5.74) is 0. The van der Waals surface area contributed by atoms with Gasteiger partial charge in [0.15, 0.2) is 0 Å². The predicted octanol–water partition coefficient (Wildman–Crippen LogP) is -1.96. The van der Waals surface area contributed by atoms with Crippen LogP contribution in [0, 0.1) is 0 Å². The fourth-order valence-corrected chi connectivity index (χ4v) is 0. The predicted molar refractivity (Wildman–Crippen MR) is 19.8 cm³/mol. The van der Waals surface area contributed by atoms with Crippen molar-refractivity contribution in [1.29, 1.82) is 0 Å². The number of rotatable bonds is 0. The molecule has 4 nitrogen and oxygen atoms in total. The summed E-state index contributed by atoms with van der Waals surface area (Å²) < 4.78 is 16.9. The van der Waals surface area contributed by atoms with E-state index >= 15 is 0 Å². The Morgan fingerprint density at radius 3 is 1.29 bits per heavy atom. The molecule has 0 aromatic heterocycles. The molecule has 0 aromatic carbocycles. The van der Waals surface area contributed by atoms with E-state index in [9.17, 15) is 0 Å². The maximum atomic E-state index is 8.74. The molecular weight excluding hydrogens is 138 g/mol. The molecule has 0 aromatic rings. The van der Waals surface area contributed by atoms with E-state index in [1.54, 1.807) is 0 Å². The third-order valence-electron chi connectivity index (χ3n) is 0. The first-order valence-electron chi connectivity index (χ1n) is 0.887. The molecule has 0 unspecified atom stereocenters. The van der Waals surface area contributed by atoms with Gasteiger partial charge in [-0.2, -0.15) is 0 Å². The van der Waals surface area contributed by atoms with E-state index in [0.717, 1.165) is 0 Å². The third kappa shape index (κ3) is 6080. The van der Waals surface area contributed by atoms with Gasteiger partial charge in [0.25, 0.3) is 0 Å². The zero-order valence-corrected chi connectivity index (χ0v) is 5.35. The van der Waals surface area contributed by atoms with Crippen molar-refractivity contribution in [3.8, 4) is 0 Å². The monoisotopic (exact) mass is 141 g/mol. The molecule has 7 heteroatoms. The van der Waals surface area contributed by atoms with E-state index in [0.29, 0.717) is 0 Å². The Labute approximate surface area is 48.7 Å². The molecule has 0 amide bonds. The molecule has 0 aliphatic rings. The van der Waals surface area contributed by atoms with E-state index in [2.05, 4.69) is 0 Å². The Balaban J connectivity index is -0.0000000480. The summed E-state index contributed by atoms with van der Waals surface area (Å²) in [5, 5.41) is 0. The van der Waals surface area contributed by atoms with Crippen molar-refractivity contribution in [2.45, 2.75) is 0 Å². The molecule has 1 radical (unpaired) electrons. The number of hydrogen-bond acceptors (Lipinski definition) is 2. The molecule has 0 spiro atoms. The first kappa shape index (κ1) is 15.8. The van der Waals surface area contributed by atoms with Crippen molar-refractivity contribution in [2.24, 2.45) is 0 Å². The van der Waals surface area contributed by atoms with Gasteiger partial charge in [-0.15, -0.1) is 0 Å². The van der Waals surface area contributed by atoms with Gasteiger partial charge in [-0.25, -0.2) is 0 Å². The van der Waals surface area contributed by atoms with Crippen LogP contribution in [0.2, 0.25) is 0 Å². The van der Waals surface area contributed by atoms with Gasteiger partial charge in [-0.1, -0.05) is 0 Å². The van der Waals surface area contributed by atoms with Crippen molar-refractivity contribution >= 4 is 25.4 Å². The molecule has 41 valence electrons. The molecular formula is H3AlFO4Si. The summed E-state index contributed by atoms with van der Waals surface area (Å²) in [6, 6.07) is 0. The van der Waals surface area contributed by atoms with Crippen LogP contribution in [-0.4, -0.2) is 35.0 Å². The van der Waals surface area contributed by atoms with Crippen LogP contribution in [0.3, 0.4) is 0 Å². The molecule has 0 bridgehead atoms. The maximum absolute atomic E-state index is 8.74. The second kappa shape index (κ2) is 16.9. The van der Waals surface area contributed by atoms with Gasteiger partial charge >= 0.3 is 29.2 Å². The van der Waals surface area contributed by atoms with Crippen LogP contribution >= 0.6 is 0 Å². The van der Waals surface area contributed by atoms with Crippen molar-refractivity contribution < 1.29 is 22.6 Å². The Bertz CT molecular complexity index is 43.0. The normalized spacial score (nSPS) is 3.86. The second-order valence-electron chi connectivity index (χ2n) is 0.283. The topological polar surface area (TPSA) is 74.6 Å². The fourth-order valence-electron chi connectivity index (χ4n) is 0. The van der Waals surface area contributed by atoms with Crippen LogP contribution in [0.15, 0.2) is 0 Å². The molecule has 0 saturated heterocycles. The Hall–Kier alpha value is -0.121. The Morgan fingerprint density at radius 2 is 1.29 bits per heavy atom. The van der Waals surface area contributed by atoms with Gasteiger partial charge in [0.05, 0.1) is 0 Å². The van der Waals surface area contributed by atoms with Crippen molar-refractivity contribution in [2.75, 3.05) is 0 Å². The molecule has 7 heavy (non-hydrogen) atoms. The molecule has 0 aliphatic heterocycles. The van der Waals surface area contributed by atoms with Crippen molar-refractivity contribution in [3.05, 3.63) is 0 Å². The molecule has 0 rings (SSSR count). The zero-order chi connectivity index (χ0) is 5.58. The fraction of sp³-hybridized carbons (Fsp3) is 0. The van der Waals surface area contributed by atoms with Gasteiger partial charge in [0.2, 0.25) is 0 Å². The van der Waals surface area contributed by atoms with E-state index < -0.39 is 9.17 Å². The molecule has 2 N–H and O–H groups in total. The molecule has 0 heterocycles. The van der Waals surface area contributed by atoms with E-state index in [1.807, 2.05) is 0 Å². The van der Waals surface area contributed by atoms with E-state index in [4.69, 9.17) is 17.9 Å². The van der Waals surface area contributed by atoms with Crippen molar-refractivity contribution in [1.82, 2.24) is 0 Å². The first-order chi connectivity index (χ1) is 2.73. The summed E-state index contributed by atoms with van der Waals surface area (Å²) in [6.07, 6.45) is 0. The van der Waals surface area contributed by atoms with Crippen LogP contribution in [-0.2, 0) is 8.27 Å². The van der Waals surface area contributed by atoms with Crippen LogP contribution in [0.25, 0.3) is 0 Å². The van der Waals surface area contributed by atoms with Gasteiger partial charge in [0.1, 0.15) is 0 Å². The number of hydrogen-bond donors (Lipinski definition) is 2. The second-order valence-corrected chi connectivity index (χ2v) is 0.848. The van der Waals surface area contributed by atoms with Crippen LogP contribution in [0.5, 0.6) is 0 Å². The van der Waals surface area contributed by atoms with Crippen LogP contribution < -0.4 is 0 Å². The Morgan fingerprint density at radius 1 is 1.29 bits per heavy atom. The summed E-state index contributed by atoms with van der Waals surface area (Å²) >= 11 is 1.17. The van der Waals surface area contributed by atoms with Gasteiger partial charge in [0, 0.05) is 0 Å². The SMILES string of the molecule is F.O=[Si](O)O.[O]=[Al]. The minimum atomic E-state index is -3.13. The standard InChI is InChI=1S/Al.FH.H2O3Si.O/c;;1-4(2)3;/h;1H;1-2H;. The number of halogens is 1. The molecule has 0 saturated carbocycles. The third-order valence-corrected chi connectivity index (χ3v) is 0. The molecule has 0 aliphatic carbocycles. The minimum absolute atomic E-state index is 0. The van der Waals surface area contributed by atoms with E-state index in [-0.39, 0.29) is 4.70 Å². The summed E-state index contributed by atoms with van der Waals surface area (Å²) in [5.74, 6) is 0. The summed E-state index contributed by atoms with van der Waals surface area (Å²) in [7, 11) is -3.13. The quantitative estimate of drug-likeness (QED) is 0.384. The van der Waals surface area contributed by atoms with E-state index in [1.165, 1.54) is 16.2 Å². The van der Waals surface area contributed by atoms with Crippen LogP contribution in [0.4, 0.5) is 4.70 Å². The summed E-state index contributed by atoms with van der Waals surface area (Å²) in [4.78, 5) is 14.3. The van der Waals surface area contributed by atoms with Crippen molar-refractivity contribution in [3.63, 3.8) is 0 Å². The Kier molecular flexibility index (Phi) is 38.1.